The third-order valence-corrected chi connectivity index (χ3v) is 17.1. The van der Waals surface area contributed by atoms with Gasteiger partial charge in [-0.05, 0) is 161 Å². The van der Waals surface area contributed by atoms with Crippen LogP contribution in [0, 0.1) is 0 Å². The maximum atomic E-state index is 2.53. The van der Waals surface area contributed by atoms with Gasteiger partial charge >= 0.3 is 0 Å². The summed E-state index contributed by atoms with van der Waals surface area (Å²) < 4.78 is 0. The van der Waals surface area contributed by atoms with Crippen LogP contribution in [-0.2, 0) is 10.8 Å². The summed E-state index contributed by atoms with van der Waals surface area (Å²) >= 11 is 0. The number of nitrogens with zero attached hydrogens (tertiary/aromatic N) is 2. The van der Waals surface area contributed by atoms with Crippen LogP contribution >= 0.6 is 0 Å². The molecule has 0 aromatic heterocycles. The van der Waals surface area contributed by atoms with Gasteiger partial charge in [-0.2, -0.15) is 0 Å². The topological polar surface area (TPSA) is 6.48 Å². The van der Waals surface area contributed by atoms with Gasteiger partial charge in [-0.1, -0.05) is 238 Å². The van der Waals surface area contributed by atoms with E-state index in [9.17, 15) is 0 Å². The van der Waals surface area contributed by atoms with Crippen molar-refractivity contribution in [1.82, 2.24) is 0 Å². The third kappa shape index (κ3) is 6.96. The highest BCUT2D eigenvalue weighted by Crippen LogP contribution is 2.65. The summed E-state index contributed by atoms with van der Waals surface area (Å²) in [7, 11) is 0. The monoisotopic (exact) mass is 994 g/mol. The second-order valence-corrected chi connectivity index (χ2v) is 21.6. The molecule has 0 atom stereocenters. The molecule has 2 heteroatoms. The van der Waals surface area contributed by atoms with Crippen LogP contribution in [0.15, 0.2) is 291 Å². The van der Waals surface area contributed by atoms with E-state index in [-0.39, 0.29) is 5.41 Å². The predicted octanol–water partition coefficient (Wildman–Crippen LogP) is 20.3. The second-order valence-electron chi connectivity index (χ2n) is 21.6. The smallest absolute Gasteiger partial charge is 0.0726 e. The number of hydrogen-bond donors (Lipinski definition) is 0. The first-order valence-electron chi connectivity index (χ1n) is 27.2. The molecule has 0 amide bonds. The van der Waals surface area contributed by atoms with E-state index < -0.39 is 5.41 Å². The molecule has 0 saturated heterocycles. The normalized spacial score (nSPS) is 13.5. The summed E-state index contributed by atoms with van der Waals surface area (Å²) in [4.78, 5) is 4.88. The van der Waals surface area contributed by atoms with Gasteiger partial charge in [0.15, 0.2) is 0 Å². The molecular formula is C76H54N2. The molecule has 78 heavy (non-hydrogen) atoms. The van der Waals surface area contributed by atoms with E-state index in [2.05, 4.69) is 315 Å². The molecule has 2 nitrogen and oxygen atoms in total. The highest BCUT2D eigenvalue weighted by Gasteiger charge is 2.52. The van der Waals surface area contributed by atoms with E-state index in [1.165, 1.54) is 89.0 Å². The van der Waals surface area contributed by atoms with Crippen molar-refractivity contribution >= 4 is 34.1 Å². The average Bonchev–Trinajstić information content (AvgIpc) is 2.72. The van der Waals surface area contributed by atoms with Gasteiger partial charge in [-0.25, -0.2) is 0 Å². The molecule has 15 rings (SSSR count). The molecule has 3 aliphatic carbocycles. The fourth-order valence-corrected chi connectivity index (χ4v) is 13.5. The standard InChI is InChI=1S/C76H54N2/c1-75(2)67-26-13-9-22-62(67)65-49-48-61(50-72(65)75)78(73-31-17-30-71-74(73)66-25-12-16-29-70(66)76(71)68-27-14-10-23-63(68)64-24-11-15-28-69(64)76)60-46-38-56(39-47-60)55-36-44-59(45-37-55)77(57-40-32-53(33-41-57)51-18-5-3-6-19-51)58-42-34-54(35-43-58)52-20-7-4-8-21-52/h3-50H,1-2H3. The Labute approximate surface area is 457 Å². The minimum Gasteiger partial charge on any atom is -0.311 e. The SMILES string of the molecule is CC1(C)c2ccccc2-c2ccc(N(c3ccc(-c4ccc(N(c5ccc(-c6ccccc6)cc5)c5ccc(-c6ccccc6)cc5)cc4)cc3)c3cccc4c3-c3ccccc3C43c4ccccc4-c4ccccc43)cc21. The minimum atomic E-state index is -0.453. The van der Waals surface area contributed by atoms with Crippen molar-refractivity contribution in [1.29, 1.82) is 0 Å². The zero-order valence-corrected chi connectivity index (χ0v) is 43.6. The molecule has 0 heterocycles. The first-order chi connectivity index (χ1) is 38.4. The highest BCUT2D eigenvalue weighted by atomic mass is 15.1. The Hall–Kier alpha value is -9.76. The Bertz CT molecular complexity index is 4120. The average molecular weight is 995 g/mol. The van der Waals surface area contributed by atoms with Crippen LogP contribution < -0.4 is 9.80 Å². The molecule has 0 radical (unpaired) electrons. The van der Waals surface area contributed by atoms with Gasteiger partial charge in [0.05, 0.1) is 11.1 Å². The van der Waals surface area contributed by atoms with Crippen LogP contribution in [0.4, 0.5) is 34.1 Å². The van der Waals surface area contributed by atoms with Gasteiger partial charge in [0.1, 0.15) is 0 Å². The van der Waals surface area contributed by atoms with E-state index in [4.69, 9.17) is 0 Å². The fraction of sp³-hybridized carbons (Fsp3) is 0.0526. The third-order valence-electron chi connectivity index (χ3n) is 17.1. The van der Waals surface area contributed by atoms with Crippen molar-refractivity contribution in [2.45, 2.75) is 24.7 Å². The van der Waals surface area contributed by atoms with Crippen LogP contribution in [0.25, 0.3) is 66.8 Å². The van der Waals surface area contributed by atoms with E-state index in [1.54, 1.807) is 0 Å². The van der Waals surface area contributed by atoms with Crippen molar-refractivity contribution < 1.29 is 0 Å². The molecule has 0 aliphatic heterocycles. The summed E-state index contributed by atoms with van der Waals surface area (Å²) in [5.41, 5.74) is 29.1. The van der Waals surface area contributed by atoms with E-state index >= 15 is 0 Å². The summed E-state index contributed by atoms with van der Waals surface area (Å²) in [6.45, 7) is 4.76. The van der Waals surface area contributed by atoms with Crippen LogP contribution in [0.2, 0.25) is 0 Å². The zero-order valence-electron chi connectivity index (χ0n) is 43.6. The van der Waals surface area contributed by atoms with Crippen molar-refractivity contribution in [2.24, 2.45) is 0 Å². The molecular weight excluding hydrogens is 941 g/mol. The first-order valence-corrected chi connectivity index (χ1v) is 27.2. The second kappa shape index (κ2) is 17.9. The Balaban J connectivity index is 0.843. The van der Waals surface area contributed by atoms with Crippen LogP contribution in [-0.4, -0.2) is 0 Å². The lowest BCUT2D eigenvalue weighted by Gasteiger charge is -2.32. The van der Waals surface area contributed by atoms with Crippen molar-refractivity contribution in [3.05, 3.63) is 325 Å². The summed E-state index contributed by atoms with van der Waals surface area (Å²) in [5, 5.41) is 0. The number of anilines is 6. The predicted molar refractivity (Wildman–Crippen MR) is 326 cm³/mol. The molecule has 12 aromatic rings. The molecule has 0 saturated carbocycles. The molecule has 0 bridgehead atoms. The largest absolute Gasteiger partial charge is 0.311 e. The van der Waals surface area contributed by atoms with E-state index in [0.717, 1.165) is 45.3 Å². The van der Waals surface area contributed by atoms with Gasteiger partial charge in [0.25, 0.3) is 0 Å². The maximum Gasteiger partial charge on any atom is 0.0726 e. The summed E-state index contributed by atoms with van der Waals surface area (Å²) in [6, 6.07) is 108. The molecule has 0 fully saturated rings. The molecule has 12 aromatic carbocycles. The van der Waals surface area contributed by atoms with Crippen LogP contribution in [0.1, 0.15) is 47.2 Å². The summed E-state index contributed by atoms with van der Waals surface area (Å²) in [5.74, 6) is 0. The van der Waals surface area contributed by atoms with Crippen molar-refractivity contribution in [3.8, 4) is 66.8 Å². The van der Waals surface area contributed by atoms with Gasteiger partial charge in [0, 0.05) is 39.4 Å². The van der Waals surface area contributed by atoms with Gasteiger partial charge in [0.2, 0.25) is 0 Å². The Morgan fingerprint density at radius 1 is 0.231 bits per heavy atom. The van der Waals surface area contributed by atoms with Gasteiger partial charge in [-0.15, -0.1) is 0 Å². The molecule has 0 N–H and O–H groups in total. The zero-order chi connectivity index (χ0) is 52.0. The number of benzene rings is 12. The van der Waals surface area contributed by atoms with Crippen LogP contribution in [0.3, 0.4) is 0 Å². The number of fused-ring (bicyclic) bond motifs is 13. The Morgan fingerprint density at radius 2 is 0.564 bits per heavy atom. The molecule has 1 spiro atoms. The lowest BCUT2D eigenvalue weighted by Crippen LogP contribution is -2.26. The van der Waals surface area contributed by atoms with Gasteiger partial charge < -0.3 is 9.80 Å². The maximum absolute atomic E-state index is 2.53. The highest BCUT2D eigenvalue weighted by molar-refractivity contribution is 6.01. The first kappa shape index (κ1) is 45.6. The Kier molecular flexibility index (Phi) is 10.5. The van der Waals surface area contributed by atoms with E-state index in [1.807, 2.05) is 0 Å². The Morgan fingerprint density at radius 3 is 1.04 bits per heavy atom. The molecule has 0 unspecified atom stereocenters. The number of rotatable bonds is 9. The van der Waals surface area contributed by atoms with E-state index in [0.29, 0.717) is 0 Å². The number of hydrogen-bond acceptors (Lipinski definition) is 2. The van der Waals surface area contributed by atoms with Crippen molar-refractivity contribution in [2.75, 3.05) is 9.80 Å². The lowest BCUT2D eigenvalue weighted by atomic mass is 9.70. The van der Waals surface area contributed by atoms with Gasteiger partial charge in [-0.3, -0.25) is 0 Å². The molecule has 3 aliphatic rings. The molecule has 368 valence electrons. The fourth-order valence-electron chi connectivity index (χ4n) is 13.5. The summed E-state index contributed by atoms with van der Waals surface area (Å²) in [6.07, 6.45) is 0. The lowest BCUT2D eigenvalue weighted by molar-refractivity contribution is 0.660. The quantitative estimate of drug-likeness (QED) is 0.142. The van der Waals surface area contributed by atoms with Crippen LogP contribution in [0.5, 0.6) is 0 Å². The van der Waals surface area contributed by atoms with Crippen molar-refractivity contribution in [3.63, 3.8) is 0 Å². The minimum absolute atomic E-state index is 0.164.